The predicted molar refractivity (Wildman–Crippen MR) is 84.2 cm³/mol. The van der Waals surface area contributed by atoms with Crippen LogP contribution in [-0.4, -0.2) is 36.1 Å². The quantitative estimate of drug-likeness (QED) is 0.897. The van der Waals surface area contributed by atoms with Crippen molar-refractivity contribution in [2.75, 3.05) is 13.1 Å². The van der Waals surface area contributed by atoms with Crippen molar-refractivity contribution in [3.05, 3.63) is 35.4 Å². The van der Waals surface area contributed by atoms with Crippen LogP contribution in [0.5, 0.6) is 0 Å². The van der Waals surface area contributed by atoms with E-state index in [-0.39, 0.29) is 6.03 Å². The molecule has 2 unspecified atom stereocenters. The lowest BCUT2D eigenvalue weighted by molar-refractivity contribution is 0.179. The first-order valence-corrected chi connectivity index (χ1v) is 8.07. The summed E-state index contributed by atoms with van der Waals surface area (Å²) in [6.07, 6.45) is 4.91. The van der Waals surface area contributed by atoms with Crippen LogP contribution in [0.3, 0.4) is 0 Å². The molecule has 2 amide bonds. The van der Waals surface area contributed by atoms with E-state index in [0.717, 1.165) is 13.0 Å². The zero-order chi connectivity index (χ0) is 14.7. The van der Waals surface area contributed by atoms with Crippen molar-refractivity contribution in [3.63, 3.8) is 0 Å². The van der Waals surface area contributed by atoms with Crippen LogP contribution in [0.15, 0.2) is 24.3 Å². The number of carbonyl (C=O) groups excluding carboxylic acids is 1. The van der Waals surface area contributed by atoms with E-state index in [1.54, 1.807) is 0 Å². The van der Waals surface area contributed by atoms with Crippen molar-refractivity contribution in [1.82, 2.24) is 15.5 Å². The Morgan fingerprint density at radius 3 is 2.95 bits per heavy atom. The van der Waals surface area contributed by atoms with Gasteiger partial charge in [-0.1, -0.05) is 30.7 Å². The number of urea groups is 1. The third-order valence-electron chi connectivity index (χ3n) is 4.87. The van der Waals surface area contributed by atoms with Crippen LogP contribution in [0.2, 0.25) is 0 Å². The van der Waals surface area contributed by atoms with Gasteiger partial charge in [0.15, 0.2) is 0 Å². The standard InChI is InChI=1S/C17H25N3O/c1-13-6-2-3-7-14(13)12-18-17(21)19-15-9-11-20-10-5-4-8-16(15)20/h2-3,6-7,15-16H,4-5,8-12H2,1H3,(H2,18,19,21). The summed E-state index contributed by atoms with van der Waals surface area (Å²) in [4.78, 5) is 14.7. The molecule has 4 nitrogen and oxygen atoms in total. The van der Waals surface area contributed by atoms with Crippen LogP contribution in [-0.2, 0) is 6.54 Å². The molecule has 0 aliphatic carbocycles. The first kappa shape index (κ1) is 14.4. The highest BCUT2D eigenvalue weighted by Gasteiger charge is 2.36. The van der Waals surface area contributed by atoms with Crippen molar-refractivity contribution in [3.8, 4) is 0 Å². The summed E-state index contributed by atoms with van der Waals surface area (Å²) < 4.78 is 0. The minimum absolute atomic E-state index is 0.0318. The molecule has 2 atom stereocenters. The molecule has 114 valence electrons. The number of fused-ring (bicyclic) bond motifs is 1. The first-order valence-electron chi connectivity index (χ1n) is 8.07. The third-order valence-corrected chi connectivity index (χ3v) is 4.87. The highest BCUT2D eigenvalue weighted by atomic mass is 16.2. The Kier molecular flexibility index (Phi) is 4.44. The number of nitrogens with one attached hydrogen (secondary N) is 2. The van der Waals surface area contributed by atoms with E-state index in [1.807, 2.05) is 12.1 Å². The van der Waals surface area contributed by atoms with Crippen LogP contribution in [0, 0.1) is 6.92 Å². The van der Waals surface area contributed by atoms with E-state index in [4.69, 9.17) is 0 Å². The fraction of sp³-hybridized carbons (Fsp3) is 0.588. The van der Waals surface area contributed by atoms with Crippen LogP contribution in [0.1, 0.15) is 36.8 Å². The van der Waals surface area contributed by atoms with Gasteiger partial charge < -0.3 is 10.6 Å². The average Bonchev–Trinajstić information content (AvgIpc) is 2.90. The lowest BCUT2D eigenvalue weighted by atomic mass is 9.99. The van der Waals surface area contributed by atoms with E-state index in [1.165, 1.54) is 36.9 Å². The largest absolute Gasteiger partial charge is 0.334 e. The molecule has 2 aliphatic rings. The molecule has 2 N–H and O–H groups in total. The molecule has 2 saturated heterocycles. The zero-order valence-corrected chi connectivity index (χ0v) is 12.8. The van der Waals surface area contributed by atoms with E-state index in [2.05, 4.69) is 34.6 Å². The Bertz CT molecular complexity index is 503. The van der Waals surface area contributed by atoms with Crippen molar-refractivity contribution < 1.29 is 4.79 Å². The fourth-order valence-electron chi connectivity index (χ4n) is 3.62. The molecule has 21 heavy (non-hydrogen) atoms. The smallest absolute Gasteiger partial charge is 0.315 e. The zero-order valence-electron chi connectivity index (χ0n) is 12.8. The van der Waals surface area contributed by atoms with Gasteiger partial charge in [0.05, 0.1) is 0 Å². The van der Waals surface area contributed by atoms with E-state index in [9.17, 15) is 4.79 Å². The third kappa shape index (κ3) is 3.38. The number of amides is 2. The number of nitrogens with zero attached hydrogens (tertiary/aromatic N) is 1. The minimum Gasteiger partial charge on any atom is -0.334 e. The Balaban J connectivity index is 1.49. The molecule has 4 heteroatoms. The summed E-state index contributed by atoms with van der Waals surface area (Å²) in [6.45, 7) is 5.01. The topological polar surface area (TPSA) is 44.4 Å². The van der Waals surface area contributed by atoms with E-state index < -0.39 is 0 Å². The highest BCUT2D eigenvalue weighted by molar-refractivity contribution is 5.74. The molecule has 1 aromatic rings. The summed E-state index contributed by atoms with van der Waals surface area (Å²) in [7, 11) is 0. The molecular formula is C17H25N3O. The van der Waals surface area contributed by atoms with E-state index in [0.29, 0.717) is 18.6 Å². The summed E-state index contributed by atoms with van der Waals surface area (Å²) >= 11 is 0. The summed E-state index contributed by atoms with van der Waals surface area (Å²) in [5.74, 6) is 0. The predicted octanol–water partition coefficient (Wildman–Crippen LogP) is 2.42. The number of carbonyl (C=O) groups is 1. The molecule has 3 rings (SSSR count). The number of piperidine rings is 1. The second-order valence-electron chi connectivity index (χ2n) is 6.25. The summed E-state index contributed by atoms with van der Waals surface area (Å²) in [6, 6.07) is 9.02. The SMILES string of the molecule is Cc1ccccc1CNC(=O)NC1CCN2CCCCC12. The molecule has 0 spiro atoms. The van der Waals surface area contributed by atoms with Gasteiger partial charge in [0.25, 0.3) is 0 Å². The van der Waals surface area contributed by atoms with Crippen LogP contribution >= 0.6 is 0 Å². The van der Waals surface area contributed by atoms with Crippen molar-refractivity contribution in [1.29, 1.82) is 0 Å². The van der Waals surface area contributed by atoms with Gasteiger partial charge in [-0.2, -0.15) is 0 Å². The van der Waals surface area contributed by atoms with Crippen LogP contribution in [0.25, 0.3) is 0 Å². The van der Waals surface area contributed by atoms with Crippen LogP contribution in [0.4, 0.5) is 4.79 Å². The van der Waals surface area contributed by atoms with Crippen molar-refractivity contribution >= 4 is 6.03 Å². The summed E-state index contributed by atoms with van der Waals surface area (Å²) in [5.41, 5.74) is 2.40. The van der Waals surface area contributed by atoms with Gasteiger partial charge in [0.2, 0.25) is 0 Å². The van der Waals surface area contributed by atoms with Crippen molar-refractivity contribution in [2.45, 2.75) is 51.2 Å². The Hall–Kier alpha value is -1.55. The fourth-order valence-corrected chi connectivity index (χ4v) is 3.62. The molecule has 0 saturated carbocycles. The van der Waals surface area contributed by atoms with Gasteiger partial charge >= 0.3 is 6.03 Å². The monoisotopic (exact) mass is 287 g/mol. The molecule has 2 fully saturated rings. The second-order valence-corrected chi connectivity index (χ2v) is 6.25. The second kappa shape index (κ2) is 6.48. The van der Waals surface area contributed by atoms with Gasteiger partial charge in [0.1, 0.15) is 0 Å². The minimum atomic E-state index is -0.0318. The maximum Gasteiger partial charge on any atom is 0.315 e. The maximum atomic E-state index is 12.1. The molecule has 0 bridgehead atoms. The molecule has 2 heterocycles. The Labute approximate surface area is 126 Å². The number of hydrogen-bond acceptors (Lipinski definition) is 2. The van der Waals surface area contributed by atoms with Gasteiger partial charge in [0, 0.05) is 25.2 Å². The highest BCUT2D eigenvalue weighted by Crippen LogP contribution is 2.26. The first-order chi connectivity index (χ1) is 10.2. The molecule has 0 radical (unpaired) electrons. The number of benzene rings is 1. The lowest BCUT2D eigenvalue weighted by Crippen LogP contribution is -2.49. The van der Waals surface area contributed by atoms with Gasteiger partial charge in [-0.25, -0.2) is 4.79 Å². The van der Waals surface area contributed by atoms with Crippen LogP contribution < -0.4 is 10.6 Å². The molecule has 2 aliphatic heterocycles. The number of aryl methyl sites for hydroxylation is 1. The van der Waals surface area contributed by atoms with Gasteiger partial charge in [-0.3, -0.25) is 4.90 Å². The normalized spacial score (nSPS) is 25.4. The van der Waals surface area contributed by atoms with Gasteiger partial charge in [-0.15, -0.1) is 0 Å². The Morgan fingerprint density at radius 1 is 1.24 bits per heavy atom. The number of rotatable bonds is 3. The summed E-state index contributed by atoms with van der Waals surface area (Å²) in [5, 5.41) is 6.17. The molecular weight excluding hydrogens is 262 g/mol. The van der Waals surface area contributed by atoms with E-state index >= 15 is 0 Å². The Morgan fingerprint density at radius 2 is 2.10 bits per heavy atom. The average molecular weight is 287 g/mol. The molecule has 0 aromatic heterocycles. The molecule has 1 aromatic carbocycles. The lowest BCUT2D eigenvalue weighted by Gasteiger charge is -2.32. The maximum absolute atomic E-state index is 12.1. The van der Waals surface area contributed by atoms with Gasteiger partial charge in [-0.05, 0) is 43.9 Å². The number of hydrogen-bond donors (Lipinski definition) is 2. The van der Waals surface area contributed by atoms with Crippen molar-refractivity contribution in [2.24, 2.45) is 0 Å².